The van der Waals surface area contributed by atoms with Gasteiger partial charge in [-0.25, -0.2) is 0 Å². The smallest absolute Gasteiger partial charge is 0.211 e. The Hall–Kier alpha value is -2.33. The van der Waals surface area contributed by atoms with Crippen molar-refractivity contribution in [3.63, 3.8) is 0 Å². The summed E-state index contributed by atoms with van der Waals surface area (Å²) in [6.07, 6.45) is 0.689. The highest BCUT2D eigenvalue weighted by molar-refractivity contribution is 5.70. The molecule has 0 saturated carbocycles. The molecular formula is C18H22N2O2. The first-order valence-corrected chi connectivity index (χ1v) is 7.51. The van der Waals surface area contributed by atoms with Crippen molar-refractivity contribution in [1.29, 1.82) is 0 Å². The van der Waals surface area contributed by atoms with Gasteiger partial charge in [0, 0.05) is 18.8 Å². The molecule has 0 aliphatic rings. The molecule has 0 heterocycles. The van der Waals surface area contributed by atoms with Gasteiger partial charge < -0.3 is 10.1 Å². The summed E-state index contributed by atoms with van der Waals surface area (Å²) in [4.78, 5) is 12.7. The Morgan fingerprint density at radius 2 is 1.82 bits per heavy atom. The minimum Gasteiger partial charge on any atom is -0.492 e. The second-order valence-electron chi connectivity index (χ2n) is 4.99. The van der Waals surface area contributed by atoms with Crippen LogP contribution in [0.3, 0.4) is 0 Å². The van der Waals surface area contributed by atoms with Crippen LogP contribution < -0.4 is 10.1 Å². The molecule has 0 aliphatic carbocycles. The van der Waals surface area contributed by atoms with Gasteiger partial charge in [0.1, 0.15) is 12.4 Å². The van der Waals surface area contributed by atoms with Gasteiger partial charge in [0.2, 0.25) is 6.41 Å². The molecule has 116 valence electrons. The Morgan fingerprint density at radius 1 is 1.09 bits per heavy atom. The Bertz CT molecular complexity index is 555. The quantitative estimate of drug-likeness (QED) is 0.723. The van der Waals surface area contributed by atoms with E-state index in [1.165, 1.54) is 5.56 Å². The summed E-state index contributed by atoms with van der Waals surface area (Å²) in [7, 11) is 0. The average Bonchev–Trinajstić information content (AvgIpc) is 2.57. The zero-order valence-corrected chi connectivity index (χ0v) is 12.9. The lowest BCUT2D eigenvalue weighted by molar-refractivity contribution is -0.105. The molecule has 0 unspecified atom stereocenters. The summed E-state index contributed by atoms with van der Waals surface area (Å²) in [5, 5.41) is 2.64. The summed E-state index contributed by atoms with van der Waals surface area (Å²) >= 11 is 0. The summed E-state index contributed by atoms with van der Waals surface area (Å²) < 4.78 is 5.74. The molecule has 0 spiro atoms. The Balaban J connectivity index is 1.80. The number of carbonyl (C=O) groups excluding carboxylic acids is 1. The van der Waals surface area contributed by atoms with Gasteiger partial charge in [-0.1, -0.05) is 37.3 Å². The highest BCUT2D eigenvalue weighted by atomic mass is 16.5. The van der Waals surface area contributed by atoms with E-state index < -0.39 is 0 Å². The number of hydrogen-bond acceptors (Lipinski definition) is 3. The molecule has 0 fully saturated rings. The lowest BCUT2D eigenvalue weighted by Gasteiger charge is -2.20. The largest absolute Gasteiger partial charge is 0.492 e. The molecule has 2 aromatic rings. The maximum Gasteiger partial charge on any atom is 0.211 e. The van der Waals surface area contributed by atoms with E-state index in [1.54, 1.807) is 0 Å². The number of para-hydroxylation sites is 1. The van der Waals surface area contributed by atoms with Crippen molar-refractivity contribution in [2.24, 2.45) is 0 Å². The van der Waals surface area contributed by atoms with Gasteiger partial charge in [-0.05, 0) is 36.4 Å². The molecular weight excluding hydrogens is 276 g/mol. The van der Waals surface area contributed by atoms with Gasteiger partial charge >= 0.3 is 0 Å². The van der Waals surface area contributed by atoms with Crippen LogP contribution in [0.2, 0.25) is 0 Å². The second-order valence-corrected chi connectivity index (χ2v) is 4.99. The summed E-state index contributed by atoms with van der Waals surface area (Å²) in [5.41, 5.74) is 2.03. The van der Waals surface area contributed by atoms with E-state index in [0.717, 1.165) is 31.1 Å². The van der Waals surface area contributed by atoms with Gasteiger partial charge in [-0.3, -0.25) is 9.69 Å². The molecule has 0 bridgehead atoms. The van der Waals surface area contributed by atoms with E-state index in [-0.39, 0.29) is 0 Å². The van der Waals surface area contributed by atoms with E-state index in [2.05, 4.69) is 17.1 Å². The summed E-state index contributed by atoms with van der Waals surface area (Å²) in [6, 6.07) is 17.8. The number of likely N-dealkylation sites (N-methyl/N-ethyl adjacent to an activating group) is 1. The maximum absolute atomic E-state index is 10.4. The molecule has 4 nitrogen and oxygen atoms in total. The summed E-state index contributed by atoms with van der Waals surface area (Å²) in [6.45, 7) is 5.52. The van der Waals surface area contributed by atoms with Crippen LogP contribution >= 0.6 is 0 Å². The van der Waals surface area contributed by atoms with Gasteiger partial charge in [0.05, 0.1) is 0 Å². The van der Waals surface area contributed by atoms with E-state index in [0.29, 0.717) is 13.0 Å². The van der Waals surface area contributed by atoms with E-state index in [9.17, 15) is 4.79 Å². The second kappa shape index (κ2) is 8.85. The number of rotatable bonds is 9. The van der Waals surface area contributed by atoms with Crippen LogP contribution in [-0.2, 0) is 11.3 Å². The van der Waals surface area contributed by atoms with Crippen LogP contribution in [0, 0.1) is 0 Å². The van der Waals surface area contributed by atoms with Crippen molar-refractivity contribution >= 4 is 12.1 Å². The minimum absolute atomic E-state index is 0.669. The molecule has 1 amide bonds. The van der Waals surface area contributed by atoms with Crippen LogP contribution in [0.25, 0.3) is 0 Å². The fourth-order valence-electron chi connectivity index (χ4n) is 2.19. The third-order valence-corrected chi connectivity index (χ3v) is 3.45. The SMILES string of the molecule is CCN(CCOc1ccccc1)Cc1ccc(NC=O)cc1. The normalized spacial score (nSPS) is 10.5. The van der Waals surface area contributed by atoms with Crippen LogP contribution in [0.15, 0.2) is 54.6 Å². The first kappa shape index (κ1) is 16.0. The molecule has 2 rings (SSSR count). The lowest BCUT2D eigenvalue weighted by atomic mass is 10.2. The number of ether oxygens (including phenoxy) is 1. The van der Waals surface area contributed by atoms with Crippen molar-refractivity contribution < 1.29 is 9.53 Å². The molecule has 0 aromatic heterocycles. The number of anilines is 1. The maximum atomic E-state index is 10.4. The topological polar surface area (TPSA) is 41.6 Å². The van der Waals surface area contributed by atoms with Crippen molar-refractivity contribution in [2.45, 2.75) is 13.5 Å². The van der Waals surface area contributed by atoms with Crippen molar-refractivity contribution in [2.75, 3.05) is 25.0 Å². The Kier molecular flexibility index (Phi) is 6.45. The lowest BCUT2D eigenvalue weighted by Crippen LogP contribution is -2.27. The number of amides is 1. The number of carbonyl (C=O) groups is 1. The zero-order valence-electron chi connectivity index (χ0n) is 12.9. The molecule has 0 atom stereocenters. The molecule has 0 aliphatic heterocycles. The first-order valence-electron chi connectivity index (χ1n) is 7.51. The van der Waals surface area contributed by atoms with Crippen molar-refractivity contribution in [3.8, 4) is 5.75 Å². The van der Waals surface area contributed by atoms with Crippen LogP contribution in [0.1, 0.15) is 12.5 Å². The van der Waals surface area contributed by atoms with Gasteiger partial charge in [-0.2, -0.15) is 0 Å². The monoisotopic (exact) mass is 298 g/mol. The fraction of sp³-hybridized carbons (Fsp3) is 0.278. The number of benzene rings is 2. The third-order valence-electron chi connectivity index (χ3n) is 3.45. The predicted molar refractivity (Wildman–Crippen MR) is 89.0 cm³/mol. The average molecular weight is 298 g/mol. The van der Waals surface area contributed by atoms with Crippen LogP contribution in [-0.4, -0.2) is 31.0 Å². The van der Waals surface area contributed by atoms with Crippen molar-refractivity contribution in [1.82, 2.24) is 4.90 Å². The van der Waals surface area contributed by atoms with Crippen LogP contribution in [0.5, 0.6) is 5.75 Å². The van der Waals surface area contributed by atoms with Gasteiger partial charge in [0.25, 0.3) is 0 Å². The van der Waals surface area contributed by atoms with Gasteiger partial charge in [-0.15, -0.1) is 0 Å². The Morgan fingerprint density at radius 3 is 2.45 bits per heavy atom. The molecule has 0 saturated heterocycles. The zero-order chi connectivity index (χ0) is 15.6. The minimum atomic E-state index is 0.669. The number of nitrogens with one attached hydrogen (secondary N) is 1. The molecule has 4 heteroatoms. The highest BCUT2D eigenvalue weighted by Crippen LogP contribution is 2.11. The van der Waals surface area contributed by atoms with Crippen LogP contribution in [0.4, 0.5) is 5.69 Å². The molecule has 0 radical (unpaired) electrons. The van der Waals surface area contributed by atoms with E-state index in [4.69, 9.17) is 4.74 Å². The van der Waals surface area contributed by atoms with E-state index in [1.807, 2.05) is 54.6 Å². The highest BCUT2D eigenvalue weighted by Gasteiger charge is 2.04. The molecule has 1 N–H and O–H groups in total. The standard InChI is InChI=1S/C18H22N2O2/c1-2-20(12-13-22-18-6-4-3-5-7-18)14-16-8-10-17(11-9-16)19-15-21/h3-11,15H,2,12-14H2,1H3,(H,19,21). The van der Waals surface area contributed by atoms with E-state index >= 15 is 0 Å². The Labute approximate surface area is 131 Å². The molecule has 2 aromatic carbocycles. The fourth-order valence-corrected chi connectivity index (χ4v) is 2.19. The first-order chi connectivity index (χ1) is 10.8. The third kappa shape index (κ3) is 5.22. The van der Waals surface area contributed by atoms with Crippen molar-refractivity contribution in [3.05, 3.63) is 60.2 Å². The molecule has 22 heavy (non-hydrogen) atoms. The number of hydrogen-bond donors (Lipinski definition) is 1. The predicted octanol–water partition coefficient (Wildman–Crippen LogP) is 3.16. The summed E-state index contributed by atoms with van der Waals surface area (Å²) in [5.74, 6) is 0.905. The number of nitrogens with zero attached hydrogens (tertiary/aromatic N) is 1. The van der Waals surface area contributed by atoms with Gasteiger partial charge in [0.15, 0.2) is 0 Å².